The standard InChI is InChI=1S/C16H13Cl2NO2/c17-12-6-3-5-11(15(12)18)16(20)19-13-8-9-21-14-7-2-1-4-10(13)14/h1-7,13H,8-9H2,(H,19,20). The van der Waals surface area contributed by atoms with Crippen LogP contribution < -0.4 is 10.1 Å². The fourth-order valence-corrected chi connectivity index (χ4v) is 2.79. The number of fused-ring (bicyclic) bond motifs is 1. The lowest BCUT2D eigenvalue weighted by Crippen LogP contribution is -2.32. The van der Waals surface area contributed by atoms with Crippen LogP contribution in [0.5, 0.6) is 5.75 Å². The molecule has 0 aromatic heterocycles. The average Bonchev–Trinajstić information content (AvgIpc) is 2.50. The molecule has 2 aromatic carbocycles. The minimum absolute atomic E-state index is 0.0856. The van der Waals surface area contributed by atoms with Crippen molar-refractivity contribution >= 4 is 29.1 Å². The van der Waals surface area contributed by atoms with E-state index in [1.54, 1.807) is 18.2 Å². The first-order valence-electron chi connectivity index (χ1n) is 6.63. The van der Waals surface area contributed by atoms with E-state index in [4.69, 9.17) is 27.9 Å². The monoisotopic (exact) mass is 321 g/mol. The summed E-state index contributed by atoms with van der Waals surface area (Å²) in [7, 11) is 0. The summed E-state index contributed by atoms with van der Waals surface area (Å²) >= 11 is 12.0. The third kappa shape index (κ3) is 2.85. The van der Waals surface area contributed by atoms with Crippen LogP contribution in [-0.4, -0.2) is 12.5 Å². The maximum atomic E-state index is 12.4. The number of carbonyl (C=O) groups is 1. The summed E-state index contributed by atoms with van der Waals surface area (Å²) in [5, 5.41) is 3.64. The summed E-state index contributed by atoms with van der Waals surface area (Å²) in [5.74, 6) is 0.579. The van der Waals surface area contributed by atoms with Gasteiger partial charge >= 0.3 is 0 Å². The molecular weight excluding hydrogens is 309 g/mol. The van der Waals surface area contributed by atoms with Crippen molar-refractivity contribution in [3.05, 3.63) is 63.6 Å². The topological polar surface area (TPSA) is 38.3 Å². The van der Waals surface area contributed by atoms with Gasteiger partial charge in [-0.3, -0.25) is 4.79 Å². The fourth-order valence-electron chi connectivity index (χ4n) is 2.41. The van der Waals surface area contributed by atoms with Crippen LogP contribution in [0.15, 0.2) is 42.5 Å². The van der Waals surface area contributed by atoms with Gasteiger partial charge in [0.25, 0.3) is 5.91 Å². The van der Waals surface area contributed by atoms with E-state index in [2.05, 4.69) is 5.32 Å². The molecule has 1 heterocycles. The molecule has 1 aliphatic heterocycles. The number of hydrogen-bond acceptors (Lipinski definition) is 2. The highest BCUT2D eigenvalue weighted by molar-refractivity contribution is 6.43. The Morgan fingerprint density at radius 1 is 1.14 bits per heavy atom. The molecule has 108 valence electrons. The van der Waals surface area contributed by atoms with Crippen LogP contribution in [-0.2, 0) is 0 Å². The van der Waals surface area contributed by atoms with E-state index in [9.17, 15) is 4.79 Å². The van der Waals surface area contributed by atoms with Gasteiger partial charge in [-0.1, -0.05) is 47.5 Å². The lowest BCUT2D eigenvalue weighted by molar-refractivity contribution is 0.0925. The smallest absolute Gasteiger partial charge is 0.253 e. The van der Waals surface area contributed by atoms with E-state index >= 15 is 0 Å². The Labute approximate surface area is 132 Å². The summed E-state index contributed by atoms with van der Waals surface area (Å²) in [6, 6.07) is 12.6. The van der Waals surface area contributed by atoms with Gasteiger partial charge in [-0.25, -0.2) is 0 Å². The number of carbonyl (C=O) groups excluding carboxylic acids is 1. The molecule has 1 atom stereocenters. The van der Waals surface area contributed by atoms with Crippen molar-refractivity contribution in [3.63, 3.8) is 0 Å². The Morgan fingerprint density at radius 2 is 1.95 bits per heavy atom. The SMILES string of the molecule is O=C(NC1CCOc2ccccc21)c1cccc(Cl)c1Cl. The number of halogens is 2. The van der Waals surface area contributed by atoms with E-state index in [0.717, 1.165) is 17.7 Å². The van der Waals surface area contributed by atoms with Gasteiger partial charge < -0.3 is 10.1 Å². The maximum Gasteiger partial charge on any atom is 0.253 e. The first-order chi connectivity index (χ1) is 10.2. The van der Waals surface area contributed by atoms with Gasteiger partial charge in [0.05, 0.1) is 28.3 Å². The van der Waals surface area contributed by atoms with Crippen molar-refractivity contribution in [1.29, 1.82) is 0 Å². The molecule has 0 bridgehead atoms. The van der Waals surface area contributed by atoms with Crippen LogP contribution in [0.25, 0.3) is 0 Å². The largest absolute Gasteiger partial charge is 0.493 e. The number of amides is 1. The molecular formula is C16H13Cl2NO2. The lowest BCUT2D eigenvalue weighted by Gasteiger charge is -2.26. The predicted octanol–water partition coefficient (Wildman–Crippen LogP) is 4.25. The van der Waals surface area contributed by atoms with Gasteiger partial charge in [0.15, 0.2) is 0 Å². The third-order valence-corrected chi connectivity index (χ3v) is 4.28. The molecule has 5 heteroatoms. The van der Waals surface area contributed by atoms with E-state index in [1.165, 1.54) is 0 Å². The Balaban J connectivity index is 1.85. The van der Waals surface area contributed by atoms with Crippen molar-refractivity contribution in [2.24, 2.45) is 0 Å². The first-order valence-corrected chi connectivity index (χ1v) is 7.39. The third-order valence-electron chi connectivity index (χ3n) is 3.46. The lowest BCUT2D eigenvalue weighted by atomic mass is 10.00. The molecule has 0 saturated heterocycles. The molecule has 1 amide bonds. The van der Waals surface area contributed by atoms with E-state index < -0.39 is 0 Å². The summed E-state index contributed by atoms with van der Waals surface area (Å²) < 4.78 is 5.59. The molecule has 1 unspecified atom stereocenters. The Bertz CT molecular complexity index is 688. The maximum absolute atomic E-state index is 12.4. The molecule has 0 radical (unpaired) electrons. The van der Waals surface area contributed by atoms with Crippen molar-refractivity contribution in [2.45, 2.75) is 12.5 Å². The van der Waals surface area contributed by atoms with Crippen LogP contribution >= 0.6 is 23.2 Å². The highest BCUT2D eigenvalue weighted by Gasteiger charge is 2.24. The average molecular weight is 322 g/mol. The number of para-hydroxylation sites is 1. The summed E-state index contributed by atoms with van der Waals surface area (Å²) in [6.07, 6.45) is 0.723. The summed E-state index contributed by atoms with van der Waals surface area (Å²) in [4.78, 5) is 12.4. The van der Waals surface area contributed by atoms with Crippen molar-refractivity contribution in [2.75, 3.05) is 6.61 Å². The van der Waals surface area contributed by atoms with Crippen LogP contribution in [0.1, 0.15) is 28.4 Å². The van der Waals surface area contributed by atoms with Gasteiger partial charge in [-0.15, -0.1) is 0 Å². The molecule has 2 aromatic rings. The van der Waals surface area contributed by atoms with Gasteiger partial charge in [0, 0.05) is 12.0 Å². The molecule has 3 nitrogen and oxygen atoms in total. The number of hydrogen-bond donors (Lipinski definition) is 1. The fraction of sp³-hybridized carbons (Fsp3) is 0.188. The minimum atomic E-state index is -0.232. The number of ether oxygens (including phenoxy) is 1. The molecule has 1 aliphatic rings. The molecule has 0 spiro atoms. The zero-order chi connectivity index (χ0) is 14.8. The van der Waals surface area contributed by atoms with Crippen molar-refractivity contribution in [3.8, 4) is 5.75 Å². The number of nitrogens with one attached hydrogen (secondary N) is 1. The van der Waals surface area contributed by atoms with Gasteiger partial charge in [0.2, 0.25) is 0 Å². The zero-order valence-electron chi connectivity index (χ0n) is 11.1. The van der Waals surface area contributed by atoms with Gasteiger partial charge in [-0.2, -0.15) is 0 Å². The molecule has 0 aliphatic carbocycles. The Hall–Kier alpha value is -1.71. The highest BCUT2D eigenvalue weighted by atomic mass is 35.5. The Morgan fingerprint density at radius 3 is 2.81 bits per heavy atom. The zero-order valence-corrected chi connectivity index (χ0v) is 12.6. The second kappa shape index (κ2) is 5.96. The van der Waals surface area contributed by atoms with E-state index in [0.29, 0.717) is 17.2 Å². The quantitative estimate of drug-likeness (QED) is 0.898. The molecule has 1 N–H and O–H groups in total. The highest BCUT2D eigenvalue weighted by Crippen LogP contribution is 2.32. The molecule has 21 heavy (non-hydrogen) atoms. The van der Waals surface area contributed by atoms with Crippen molar-refractivity contribution in [1.82, 2.24) is 5.32 Å². The molecule has 0 saturated carbocycles. The second-order valence-corrected chi connectivity index (χ2v) is 5.59. The first kappa shape index (κ1) is 14.2. The summed E-state index contributed by atoms with van der Waals surface area (Å²) in [6.45, 7) is 0.575. The number of benzene rings is 2. The van der Waals surface area contributed by atoms with Crippen molar-refractivity contribution < 1.29 is 9.53 Å². The number of rotatable bonds is 2. The molecule has 0 fully saturated rings. The second-order valence-electron chi connectivity index (χ2n) is 4.80. The predicted molar refractivity (Wildman–Crippen MR) is 83.2 cm³/mol. The Kier molecular flexibility index (Phi) is 4.04. The van der Waals surface area contributed by atoms with Gasteiger partial charge in [0.1, 0.15) is 5.75 Å². The van der Waals surface area contributed by atoms with Crippen LogP contribution in [0.3, 0.4) is 0 Å². The molecule has 3 rings (SSSR count). The normalized spacial score (nSPS) is 16.8. The minimum Gasteiger partial charge on any atom is -0.493 e. The van der Waals surface area contributed by atoms with Crippen LogP contribution in [0.2, 0.25) is 10.0 Å². The van der Waals surface area contributed by atoms with Gasteiger partial charge in [-0.05, 0) is 18.2 Å². The van der Waals surface area contributed by atoms with Crippen LogP contribution in [0, 0.1) is 0 Å². The van der Waals surface area contributed by atoms with E-state index in [1.807, 2.05) is 24.3 Å². The van der Waals surface area contributed by atoms with Crippen LogP contribution in [0.4, 0.5) is 0 Å². The van der Waals surface area contributed by atoms with E-state index in [-0.39, 0.29) is 17.0 Å². The summed E-state index contributed by atoms with van der Waals surface area (Å²) in [5.41, 5.74) is 1.36.